The smallest absolute Gasteiger partial charge is 0.0223 e. The van der Waals surface area contributed by atoms with Crippen molar-refractivity contribution in [2.24, 2.45) is 0 Å². The van der Waals surface area contributed by atoms with Crippen LogP contribution in [0, 0.1) is 0 Å². The molecule has 0 spiro atoms. The first-order valence-electron chi connectivity index (χ1n) is 4.22. The topological polar surface area (TPSA) is 0 Å². The molecule has 0 aliphatic rings. The summed E-state index contributed by atoms with van der Waals surface area (Å²) in [4.78, 5) is 0. The van der Waals surface area contributed by atoms with Crippen molar-refractivity contribution in [3.8, 4) is 0 Å². The van der Waals surface area contributed by atoms with E-state index in [1.54, 1.807) is 0 Å². The van der Waals surface area contributed by atoms with Crippen molar-refractivity contribution >= 4 is 53.0 Å². The van der Waals surface area contributed by atoms with Crippen LogP contribution in [0.5, 0.6) is 0 Å². The van der Waals surface area contributed by atoms with Gasteiger partial charge in [0.2, 0.25) is 0 Å². The molecular weight excluding hydrogens is 268 g/mol. The second-order valence-electron chi connectivity index (χ2n) is 2.43. The van der Waals surface area contributed by atoms with Crippen molar-refractivity contribution in [1.82, 2.24) is 0 Å². The minimum absolute atomic E-state index is 0.718. The van der Waals surface area contributed by atoms with E-state index < -0.39 is 0 Å². The zero-order chi connectivity index (χ0) is 10.6. The minimum Gasteiger partial charge on any atom is -0.154 e. The van der Waals surface area contributed by atoms with Crippen molar-refractivity contribution in [3.05, 3.63) is 25.3 Å². The lowest BCUT2D eigenvalue weighted by Gasteiger charge is -2.07. The third-order valence-electron chi connectivity index (χ3n) is 1.11. The summed E-state index contributed by atoms with van der Waals surface area (Å²) < 4.78 is 0. The molecule has 0 aromatic rings. The van der Waals surface area contributed by atoms with Gasteiger partial charge in [-0.1, -0.05) is 40.7 Å². The van der Waals surface area contributed by atoms with E-state index in [-0.39, 0.29) is 0 Å². The van der Waals surface area contributed by atoms with Gasteiger partial charge in [0, 0.05) is 22.5 Å². The number of hydrogen-bond acceptors (Lipinski definition) is 5. The van der Waals surface area contributed by atoms with Gasteiger partial charge in [0.05, 0.1) is 0 Å². The number of hydrogen-bond donors (Lipinski definition) is 0. The lowest BCUT2D eigenvalue weighted by Crippen LogP contribution is -1.98. The Bertz CT molecular complexity index is 148. The first-order chi connectivity index (χ1) is 6.81. The Balaban J connectivity index is 3.09. The van der Waals surface area contributed by atoms with E-state index in [1.165, 1.54) is 5.75 Å². The van der Waals surface area contributed by atoms with Gasteiger partial charge < -0.3 is 0 Å². The first-order valence-corrected chi connectivity index (χ1v) is 10.4. The molecule has 0 saturated carbocycles. The fraction of sp³-hybridized carbons (Fsp3) is 0.556. The highest BCUT2D eigenvalue weighted by Crippen LogP contribution is 2.43. The Hall–Kier alpha value is 1.23. The van der Waals surface area contributed by atoms with Crippen molar-refractivity contribution in [2.75, 3.05) is 17.3 Å². The molecule has 0 saturated heterocycles. The van der Waals surface area contributed by atoms with E-state index in [1.807, 2.05) is 65.2 Å². The van der Waals surface area contributed by atoms with Crippen molar-refractivity contribution in [1.29, 1.82) is 0 Å². The molecule has 0 nitrogen and oxygen atoms in total. The molecule has 1 unspecified atom stereocenters. The van der Waals surface area contributed by atoms with Gasteiger partial charge in [0.1, 0.15) is 0 Å². The highest BCUT2D eigenvalue weighted by Gasteiger charge is 2.01. The molecule has 0 radical (unpaired) electrons. The molecule has 0 heterocycles. The lowest BCUT2D eigenvalue weighted by atomic mass is 10.6. The maximum Gasteiger partial charge on any atom is 0.0223 e. The average molecular weight is 285 g/mol. The Morgan fingerprint density at radius 2 is 1.71 bits per heavy atom. The van der Waals surface area contributed by atoms with Crippen molar-refractivity contribution < 1.29 is 0 Å². The van der Waals surface area contributed by atoms with Gasteiger partial charge in [-0.3, -0.25) is 0 Å². The molecule has 0 fully saturated rings. The fourth-order valence-corrected chi connectivity index (χ4v) is 7.61. The molecule has 0 N–H and O–H groups in total. The SMILES string of the molecule is C=CCSSSSCC(C)SCC=C. The summed E-state index contributed by atoms with van der Waals surface area (Å²) in [5.41, 5.74) is 0. The maximum absolute atomic E-state index is 3.71. The van der Waals surface area contributed by atoms with Gasteiger partial charge >= 0.3 is 0 Å². The van der Waals surface area contributed by atoms with Crippen molar-refractivity contribution in [3.63, 3.8) is 0 Å². The van der Waals surface area contributed by atoms with E-state index in [4.69, 9.17) is 0 Å². The summed E-state index contributed by atoms with van der Waals surface area (Å²) in [6, 6.07) is 0. The van der Waals surface area contributed by atoms with Crippen LogP contribution in [0.25, 0.3) is 0 Å². The number of thioether (sulfide) groups is 1. The van der Waals surface area contributed by atoms with E-state index in [9.17, 15) is 0 Å². The van der Waals surface area contributed by atoms with Gasteiger partial charge in [-0.25, -0.2) is 0 Å². The molecule has 14 heavy (non-hydrogen) atoms. The van der Waals surface area contributed by atoms with Crippen LogP contribution in [-0.2, 0) is 0 Å². The molecule has 0 aromatic carbocycles. The zero-order valence-electron chi connectivity index (χ0n) is 8.31. The van der Waals surface area contributed by atoms with E-state index in [0.29, 0.717) is 0 Å². The van der Waals surface area contributed by atoms with Gasteiger partial charge in [-0.2, -0.15) is 11.8 Å². The Morgan fingerprint density at radius 3 is 2.36 bits per heavy atom. The van der Waals surface area contributed by atoms with Gasteiger partial charge in [-0.15, -0.1) is 13.2 Å². The van der Waals surface area contributed by atoms with Gasteiger partial charge in [0.15, 0.2) is 0 Å². The van der Waals surface area contributed by atoms with E-state index in [0.717, 1.165) is 16.8 Å². The molecule has 0 aliphatic heterocycles. The van der Waals surface area contributed by atoms with E-state index >= 15 is 0 Å². The quantitative estimate of drug-likeness (QED) is 0.308. The van der Waals surface area contributed by atoms with Crippen molar-refractivity contribution in [2.45, 2.75) is 12.2 Å². The van der Waals surface area contributed by atoms with Crippen LogP contribution >= 0.6 is 53.0 Å². The molecule has 82 valence electrons. The van der Waals surface area contributed by atoms with Crippen LogP contribution in [0.1, 0.15) is 6.92 Å². The molecule has 0 bridgehead atoms. The molecular formula is C9H16S5. The summed E-state index contributed by atoms with van der Waals surface area (Å²) in [5, 5.41) is 0.718. The Kier molecular flexibility index (Phi) is 13.4. The Morgan fingerprint density at radius 1 is 1.07 bits per heavy atom. The zero-order valence-corrected chi connectivity index (χ0v) is 12.4. The molecule has 0 aromatic heterocycles. The average Bonchev–Trinajstić information content (AvgIpc) is 2.20. The second-order valence-corrected chi connectivity index (χ2v) is 9.99. The van der Waals surface area contributed by atoms with Crippen LogP contribution < -0.4 is 0 Å². The summed E-state index contributed by atoms with van der Waals surface area (Å²) in [5.74, 6) is 3.29. The standard InChI is InChI=1S/C9H16S5/c1-4-6-10-9(3)8-12-14-13-11-7-5-2/h4-5,9H,1-2,6-8H2,3H3. The summed E-state index contributed by atoms with van der Waals surface area (Å²) in [7, 11) is 7.48. The monoisotopic (exact) mass is 284 g/mol. The Labute approximate surface area is 107 Å². The molecule has 0 aliphatic carbocycles. The summed E-state index contributed by atoms with van der Waals surface area (Å²) >= 11 is 1.96. The first kappa shape index (κ1) is 15.2. The number of rotatable bonds is 10. The second kappa shape index (κ2) is 12.3. The van der Waals surface area contributed by atoms with Crippen LogP contribution in [-0.4, -0.2) is 22.5 Å². The van der Waals surface area contributed by atoms with Crippen LogP contribution in [0.4, 0.5) is 0 Å². The van der Waals surface area contributed by atoms with Gasteiger partial charge in [0.25, 0.3) is 0 Å². The van der Waals surface area contributed by atoms with Crippen LogP contribution in [0.3, 0.4) is 0 Å². The lowest BCUT2D eigenvalue weighted by molar-refractivity contribution is 1.14. The minimum atomic E-state index is 0.718. The van der Waals surface area contributed by atoms with E-state index in [2.05, 4.69) is 20.1 Å². The molecule has 5 heteroatoms. The van der Waals surface area contributed by atoms with Crippen LogP contribution in [0.15, 0.2) is 25.3 Å². The predicted octanol–water partition coefficient (Wildman–Crippen LogP) is 5.16. The predicted molar refractivity (Wildman–Crippen MR) is 82.4 cm³/mol. The third kappa shape index (κ3) is 11.3. The summed E-state index contributed by atoms with van der Waals surface area (Å²) in [6.45, 7) is 9.66. The summed E-state index contributed by atoms with van der Waals surface area (Å²) in [6.07, 6.45) is 3.90. The fourth-order valence-electron chi connectivity index (χ4n) is 0.519. The van der Waals surface area contributed by atoms with Gasteiger partial charge in [-0.05, 0) is 19.7 Å². The third-order valence-corrected chi connectivity index (χ3v) is 9.03. The maximum atomic E-state index is 3.71. The normalized spacial score (nSPS) is 12.4. The molecule has 1 atom stereocenters. The largest absolute Gasteiger partial charge is 0.154 e. The van der Waals surface area contributed by atoms with Crippen LogP contribution in [0.2, 0.25) is 0 Å². The molecule has 0 amide bonds. The molecule has 0 rings (SSSR count). The highest BCUT2D eigenvalue weighted by molar-refractivity contribution is 9.26. The highest BCUT2D eigenvalue weighted by atomic mass is 33.7.